The van der Waals surface area contributed by atoms with Crippen molar-refractivity contribution in [2.45, 2.75) is 33.2 Å². The summed E-state index contributed by atoms with van der Waals surface area (Å²) in [6.07, 6.45) is 4.79. The largest absolute Gasteiger partial charge is 0.362 e. The Kier molecular flexibility index (Phi) is 3.32. The van der Waals surface area contributed by atoms with Crippen molar-refractivity contribution in [2.75, 3.05) is 5.32 Å². The Labute approximate surface area is 122 Å². The van der Waals surface area contributed by atoms with Crippen LogP contribution in [0.2, 0.25) is 0 Å². The molecule has 0 radical (unpaired) electrons. The average Bonchev–Trinajstić information content (AvgIpc) is 3.02. The summed E-state index contributed by atoms with van der Waals surface area (Å²) < 4.78 is 7.03. The highest BCUT2D eigenvalue weighted by molar-refractivity contribution is 5.87. The summed E-state index contributed by atoms with van der Waals surface area (Å²) in [4.78, 5) is 8.78. The summed E-state index contributed by atoms with van der Waals surface area (Å²) in [5.41, 5.74) is 2.43. The third-order valence-corrected chi connectivity index (χ3v) is 3.46. The van der Waals surface area contributed by atoms with Crippen LogP contribution in [0.1, 0.15) is 36.5 Å². The molecule has 3 heterocycles. The van der Waals surface area contributed by atoms with Gasteiger partial charge < -0.3 is 9.84 Å². The third kappa shape index (κ3) is 2.46. The predicted octanol–water partition coefficient (Wildman–Crippen LogP) is 2.53. The van der Waals surface area contributed by atoms with E-state index in [0.29, 0.717) is 11.5 Å². The van der Waals surface area contributed by atoms with Crippen molar-refractivity contribution in [1.29, 1.82) is 0 Å². The molecule has 3 rings (SSSR count). The van der Waals surface area contributed by atoms with E-state index in [1.165, 1.54) is 0 Å². The second-order valence-corrected chi connectivity index (χ2v) is 5.12. The van der Waals surface area contributed by atoms with Gasteiger partial charge in [0.25, 0.3) is 5.71 Å². The van der Waals surface area contributed by atoms with Crippen molar-refractivity contribution in [3.63, 3.8) is 0 Å². The standard InChI is InChI=1S/C14H18N6O/c1-5-11(10-6-15-20(4)7-10)18-13-12-8(2)19-21-14(12)17-9(3)16-13/h6-7,11H,5H2,1-4H3,(H,16,17,18). The number of nitrogens with one attached hydrogen (secondary N) is 1. The molecular formula is C14H18N6O. The fourth-order valence-corrected chi connectivity index (χ4v) is 2.41. The van der Waals surface area contributed by atoms with E-state index in [-0.39, 0.29) is 6.04 Å². The average molecular weight is 286 g/mol. The molecule has 1 atom stereocenters. The number of fused-ring (bicyclic) bond motifs is 1. The van der Waals surface area contributed by atoms with Crippen LogP contribution >= 0.6 is 0 Å². The van der Waals surface area contributed by atoms with Gasteiger partial charge in [-0.2, -0.15) is 10.1 Å². The van der Waals surface area contributed by atoms with E-state index in [1.807, 2.05) is 33.3 Å². The summed E-state index contributed by atoms with van der Waals surface area (Å²) in [6.45, 7) is 5.85. The van der Waals surface area contributed by atoms with Gasteiger partial charge in [-0.3, -0.25) is 4.68 Å². The zero-order valence-corrected chi connectivity index (χ0v) is 12.6. The van der Waals surface area contributed by atoms with Crippen LogP contribution in [0.25, 0.3) is 11.1 Å². The van der Waals surface area contributed by atoms with Crippen molar-refractivity contribution in [3.05, 3.63) is 29.5 Å². The molecule has 3 aromatic rings. The first-order valence-electron chi connectivity index (χ1n) is 6.94. The van der Waals surface area contributed by atoms with Crippen LogP contribution in [-0.4, -0.2) is 24.9 Å². The Balaban J connectivity index is 2.01. The molecule has 110 valence electrons. The van der Waals surface area contributed by atoms with Gasteiger partial charge in [0, 0.05) is 18.8 Å². The van der Waals surface area contributed by atoms with Gasteiger partial charge in [0.05, 0.1) is 17.9 Å². The van der Waals surface area contributed by atoms with Crippen LogP contribution in [0, 0.1) is 13.8 Å². The van der Waals surface area contributed by atoms with Crippen LogP contribution in [0.15, 0.2) is 16.9 Å². The van der Waals surface area contributed by atoms with Gasteiger partial charge in [-0.25, -0.2) is 4.98 Å². The highest BCUT2D eigenvalue weighted by Gasteiger charge is 2.18. The van der Waals surface area contributed by atoms with E-state index < -0.39 is 0 Å². The molecule has 7 nitrogen and oxygen atoms in total. The van der Waals surface area contributed by atoms with Gasteiger partial charge >= 0.3 is 0 Å². The summed E-state index contributed by atoms with van der Waals surface area (Å²) in [6, 6.07) is 0.130. The van der Waals surface area contributed by atoms with Crippen LogP contribution in [0.5, 0.6) is 0 Å². The van der Waals surface area contributed by atoms with Crippen LogP contribution < -0.4 is 5.32 Å². The maximum Gasteiger partial charge on any atom is 0.263 e. The molecule has 0 aromatic carbocycles. The van der Waals surface area contributed by atoms with Gasteiger partial charge in [-0.05, 0) is 20.3 Å². The molecule has 0 aliphatic rings. The molecule has 0 amide bonds. The fraction of sp³-hybridized carbons (Fsp3) is 0.429. The SMILES string of the molecule is CCC(Nc1nc(C)nc2onc(C)c12)c1cnn(C)c1. The maximum absolute atomic E-state index is 5.24. The molecule has 0 bridgehead atoms. The molecule has 0 fully saturated rings. The third-order valence-electron chi connectivity index (χ3n) is 3.46. The Morgan fingerprint density at radius 2 is 2.14 bits per heavy atom. The second-order valence-electron chi connectivity index (χ2n) is 5.12. The second kappa shape index (κ2) is 5.16. The number of hydrogen-bond donors (Lipinski definition) is 1. The lowest BCUT2D eigenvalue weighted by atomic mass is 10.1. The fourth-order valence-electron chi connectivity index (χ4n) is 2.41. The molecule has 0 aliphatic carbocycles. The lowest BCUT2D eigenvalue weighted by molar-refractivity contribution is 0.442. The van der Waals surface area contributed by atoms with E-state index in [4.69, 9.17) is 4.52 Å². The van der Waals surface area contributed by atoms with Crippen LogP contribution in [-0.2, 0) is 7.05 Å². The van der Waals surface area contributed by atoms with Crippen molar-refractivity contribution in [1.82, 2.24) is 24.9 Å². The van der Waals surface area contributed by atoms with Gasteiger partial charge in [0.15, 0.2) is 0 Å². The number of aromatic nitrogens is 5. The van der Waals surface area contributed by atoms with E-state index in [9.17, 15) is 0 Å². The first-order valence-corrected chi connectivity index (χ1v) is 6.94. The van der Waals surface area contributed by atoms with Crippen LogP contribution in [0.4, 0.5) is 5.82 Å². The van der Waals surface area contributed by atoms with Gasteiger partial charge in [-0.1, -0.05) is 12.1 Å². The molecule has 3 aromatic heterocycles. The van der Waals surface area contributed by atoms with Crippen molar-refractivity contribution in [2.24, 2.45) is 7.05 Å². The molecule has 7 heteroatoms. The van der Waals surface area contributed by atoms with Crippen molar-refractivity contribution < 1.29 is 4.52 Å². The Bertz CT molecular complexity index is 775. The first kappa shape index (κ1) is 13.5. The van der Waals surface area contributed by atoms with Crippen molar-refractivity contribution in [3.8, 4) is 0 Å². The lowest BCUT2D eigenvalue weighted by Gasteiger charge is -2.16. The smallest absolute Gasteiger partial charge is 0.263 e. The summed E-state index contributed by atoms with van der Waals surface area (Å²) >= 11 is 0. The van der Waals surface area contributed by atoms with E-state index in [1.54, 1.807) is 4.68 Å². The zero-order valence-electron chi connectivity index (χ0n) is 12.6. The zero-order chi connectivity index (χ0) is 15.0. The van der Waals surface area contributed by atoms with Crippen LogP contribution in [0.3, 0.4) is 0 Å². The topological polar surface area (TPSA) is 81.7 Å². The molecular weight excluding hydrogens is 268 g/mol. The first-order chi connectivity index (χ1) is 10.1. The predicted molar refractivity (Wildman–Crippen MR) is 78.9 cm³/mol. The molecule has 0 aliphatic heterocycles. The minimum absolute atomic E-state index is 0.130. The highest BCUT2D eigenvalue weighted by atomic mass is 16.5. The van der Waals surface area contributed by atoms with Gasteiger partial charge in [-0.15, -0.1) is 0 Å². The molecule has 21 heavy (non-hydrogen) atoms. The normalized spacial score (nSPS) is 12.8. The lowest BCUT2D eigenvalue weighted by Crippen LogP contribution is -2.11. The van der Waals surface area contributed by atoms with E-state index >= 15 is 0 Å². The Morgan fingerprint density at radius 3 is 2.81 bits per heavy atom. The Hall–Kier alpha value is -2.44. The monoisotopic (exact) mass is 286 g/mol. The maximum atomic E-state index is 5.24. The van der Waals surface area contributed by atoms with Gasteiger partial charge in [0.1, 0.15) is 17.0 Å². The molecule has 1 unspecified atom stereocenters. The minimum Gasteiger partial charge on any atom is -0.362 e. The Morgan fingerprint density at radius 1 is 1.33 bits per heavy atom. The number of aryl methyl sites for hydroxylation is 3. The summed E-state index contributed by atoms with van der Waals surface area (Å²) in [5, 5.41) is 12.5. The van der Waals surface area contributed by atoms with Gasteiger partial charge in [0.2, 0.25) is 0 Å². The summed E-state index contributed by atoms with van der Waals surface area (Å²) in [5.74, 6) is 1.41. The quantitative estimate of drug-likeness (QED) is 0.793. The molecule has 0 spiro atoms. The minimum atomic E-state index is 0.130. The number of nitrogens with zero attached hydrogens (tertiary/aromatic N) is 5. The van der Waals surface area contributed by atoms with E-state index in [2.05, 4.69) is 32.5 Å². The number of anilines is 1. The van der Waals surface area contributed by atoms with Crippen molar-refractivity contribution >= 4 is 16.9 Å². The highest BCUT2D eigenvalue weighted by Crippen LogP contribution is 2.28. The number of rotatable bonds is 4. The molecule has 0 saturated heterocycles. The number of hydrogen-bond acceptors (Lipinski definition) is 6. The molecule has 1 N–H and O–H groups in total. The summed E-state index contributed by atoms with van der Waals surface area (Å²) in [7, 11) is 1.91. The molecule has 0 saturated carbocycles. The van der Waals surface area contributed by atoms with E-state index in [0.717, 1.165) is 28.9 Å².